The van der Waals surface area contributed by atoms with Crippen LogP contribution in [0.4, 0.5) is 0 Å². The van der Waals surface area contributed by atoms with Crippen LogP contribution in [0.1, 0.15) is 50.5 Å². The zero-order valence-electron chi connectivity index (χ0n) is 12.0. The average Bonchev–Trinajstić information content (AvgIpc) is 2.48. The molecular weight excluding hydrogens is 230 g/mol. The lowest BCUT2D eigenvalue weighted by molar-refractivity contribution is 0.128. The maximum atomic E-state index is 3.67. The van der Waals surface area contributed by atoms with Gasteiger partial charge < -0.3 is 5.32 Å². The van der Waals surface area contributed by atoms with E-state index in [9.17, 15) is 0 Å². The van der Waals surface area contributed by atoms with E-state index in [1.165, 1.54) is 57.1 Å². The standard InChI is InChI=1S/C18H27N/c1-2-6-15(7-3-1)13-19-14-16-10-11-17-8-4-5-9-18(17)12-16/h1-3,6-7,16-19H,4-5,8-14H2. The third-order valence-electron chi connectivity index (χ3n) is 5.25. The van der Waals surface area contributed by atoms with E-state index in [0.717, 1.165) is 24.3 Å². The zero-order chi connectivity index (χ0) is 12.9. The van der Waals surface area contributed by atoms with Crippen molar-refractivity contribution in [3.05, 3.63) is 35.9 Å². The molecule has 1 aromatic carbocycles. The minimum Gasteiger partial charge on any atom is -0.312 e. The van der Waals surface area contributed by atoms with E-state index in [2.05, 4.69) is 35.6 Å². The Balaban J connectivity index is 1.41. The van der Waals surface area contributed by atoms with Crippen molar-refractivity contribution < 1.29 is 0 Å². The van der Waals surface area contributed by atoms with Crippen molar-refractivity contribution in [3.8, 4) is 0 Å². The fraction of sp³-hybridized carbons (Fsp3) is 0.667. The van der Waals surface area contributed by atoms with E-state index in [1.54, 1.807) is 0 Å². The monoisotopic (exact) mass is 257 g/mol. The van der Waals surface area contributed by atoms with Crippen LogP contribution < -0.4 is 5.32 Å². The van der Waals surface area contributed by atoms with Crippen molar-refractivity contribution in [3.63, 3.8) is 0 Å². The van der Waals surface area contributed by atoms with Crippen LogP contribution in [-0.2, 0) is 6.54 Å². The molecule has 2 fully saturated rings. The molecule has 2 saturated carbocycles. The quantitative estimate of drug-likeness (QED) is 0.844. The van der Waals surface area contributed by atoms with Crippen molar-refractivity contribution in [1.82, 2.24) is 5.32 Å². The van der Waals surface area contributed by atoms with Crippen LogP contribution in [0.25, 0.3) is 0 Å². The highest BCUT2D eigenvalue weighted by molar-refractivity contribution is 5.14. The summed E-state index contributed by atoms with van der Waals surface area (Å²) < 4.78 is 0. The highest BCUT2D eigenvalue weighted by Crippen LogP contribution is 2.42. The van der Waals surface area contributed by atoms with Gasteiger partial charge in [-0.25, -0.2) is 0 Å². The fourth-order valence-corrected chi connectivity index (χ4v) is 4.17. The Morgan fingerprint density at radius 3 is 2.53 bits per heavy atom. The predicted octanol–water partition coefficient (Wildman–Crippen LogP) is 4.38. The van der Waals surface area contributed by atoms with E-state index in [0.29, 0.717) is 0 Å². The molecule has 0 bridgehead atoms. The number of hydrogen-bond acceptors (Lipinski definition) is 1. The number of fused-ring (bicyclic) bond motifs is 1. The van der Waals surface area contributed by atoms with Crippen molar-refractivity contribution in [1.29, 1.82) is 0 Å². The molecule has 2 aliphatic rings. The van der Waals surface area contributed by atoms with Gasteiger partial charge in [0.25, 0.3) is 0 Å². The first kappa shape index (κ1) is 13.2. The number of nitrogens with one attached hydrogen (secondary N) is 1. The van der Waals surface area contributed by atoms with Gasteiger partial charge in [-0.05, 0) is 49.1 Å². The Bertz CT molecular complexity index is 373. The van der Waals surface area contributed by atoms with Crippen molar-refractivity contribution >= 4 is 0 Å². The van der Waals surface area contributed by atoms with Gasteiger partial charge in [-0.1, -0.05) is 56.0 Å². The largest absolute Gasteiger partial charge is 0.312 e. The van der Waals surface area contributed by atoms with Gasteiger partial charge in [-0.2, -0.15) is 0 Å². The fourth-order valence-electron chi connectivity index (χ4n) is 4.17. The highest BCUT2D eigenvalue weighted by atomic mass is 14.9. The molecule has 1 N–H and O–H groups in total. The van der Waals surface area contributed by atoms with Crippen molar-refractivity contribution in [2.24, 2.45) is 17.8 Å². The van der Waals surface area contributed by atoms with Gasteiger partial charge in [0.2, 0.25) is 0 Å². The average molecular weight is 257 g/mol. The summed E-state index contributed by atoms with van der Waals surface area (Å²) in [5.74, 6) is 3.08. The molecule has 3 rings (SSSR count). The lowest BCUT2D eigenvalue weighted by Crippen LogP contribution is -2.32. The first-order chi connectivity index (χ1) is 9.42. The number of rotatable bonds is 4. The summed E-state index contributed by atoms with van der Waals surface area (Å²) in [6, 6.07) is 10.8. The zero-order valence-corrected chi connectivity index (χ0v) is 12.0. The van der Waals surface area contributed by atoms with Gasteiger partial charge >= 0.3 is 0 Å². The normalized spacial score (nSPS) is 30.8. The molecule has 0 aromatic heterocycles. The van der Waals surface area contributed by atoms with Crippen LogP contribution in [0.15, 0.2) is 30.3 Å². The maximum Gasteiger partial charge on any atom is 0.0205 e. The Morgan fingerprint density at radius 2 is 1.68 bits per heavy atom. The maximum absolute atomic E-state index is 3.67. The molecule has 104 valence electrons. The van der Waals surface area contributed by atoms with Crippen molar-refractivity contribution in [2.45, 2.75) is 51.5 Å². The second-order valence-electron chi connectivity index (χ2n) is 6.60. The predicted molar refractivity (Wildman–Crippen MR) is 80.9 cm³/mol. The molecule has 0 aliphatic heterocycles. The molecule has 2 aliphatic carbocycles. The second kappa shape index (κ2) is 6.56. The number of hydrogen-bond donors (Lipinski definition) is 1. The SMILES string of the molecule is c1ccc(CNCC2CCC3CCCCC3C2)cc1. The molecule has 0 spiro atoms. The first-order valence-corrected chi connectivity index (χ1v) is 8.16. The number of benzene rings is 1. The summed E-state index contributed by atoms with van der Waals surface area (Å²) in [4.78, 5) is 0. The minimum absolute atomic E-state index is 0.933. The molecule has 1 aromatic rings. The van der Waals surface area contributed by atoms with Gasteiger partial charge in [0.15, 0.2) is 0 Å². The molecule has 1 heteroatoms. The lowest BCUT2D eigenvalue weighted by Gasteiger charge is -2.39. The van der Waals surface area contributed by atoms with Crippen LogP contribution in [0.3, 0.4) is 0 Å². The molecule has 0 amide bonds. The summed E-state index contributed by atoms with van der Waals surface area (Å²) in [5, 5.41) is 3.67. The molecule has 19 heavy (non-hydrogen) atoms. The molecule has 1 nitrogen and oxygen atoms in total. The van der Waals surface area contributed by atoms with E-state index >= 15 is 0 Å². The molecule has 0 heterocycles. The Morgan fingerprint density at radius 1 is 0.895 bits per heavy atom. The smallest absolute Gasteiger partial charge is 0.0205 e. The summed E-state index contributed by atoms with van der Waals surface area (Å²) in [6.45, 7) is 2.25. The van der Waals surface area contributed by atoms with Crippen LogP contribution >= 0.6 is 0 Å². The molecule has 0 saturated heterocycles. The highest BCUT2D eigenvalue weighted by Gasteiger charge is 2.31. The third-order valence-corrected chi connectivity index (χ3v) is 5.25. The summed E-state index contributed by atoms with van der Waals surface area (Å²) >= 11 is 0. The van der Waals surface area contributed by atoms with Gasteiger partial charge in [-0.15, -0.1) is 0 Å². The van der Waals surface area contributed by atoms with Crippen LogP contribution in [0, 0.1) is 17.8 Å². The van der Waals surface area contributed by atoms with Gasteiger partial charge in [0, 0.05) is 6.54 Å². The molecule has 0 radical (unpaired) electrons. The van der Waals surface area contributed by atoms with E-state index in [4.69, 9.17) is 0 Å². The lowest BCUT2D eigenvalue weighted by atomic mass is 9.67. The third kappa shape index (κ3) is 3.60. The summed E-state index contributed by atoms with van der Waals surface area (Å²) in [5.41, 5.74) is 1.41. The molecule has 3 unspecified atom stereocenters. The van der Waals surface area contributed by atoms with Crippen molar-refractivity contribution in [2.75, 3.05) is 6.54 Å². The van der Waals surface area contributed by atoms with E-state index in [1.807, 2.05) is 0 Å². The molecular formula is C18H27N. The Kier molecular flexibility index (Phi) is 4.55. The Labute approximate surface area is 117 Å². The summed E-state index contributed by atoms with van der Waals surface area (Å²) in [6.07, 6.45) is 10.5. The second-order valence-corrected chi connectivity index (χ2v) is 6.60. The van der Waals surface area contributed by atoms with Gasteiger partial charge in [0.05, 0.1) is 0 Å². The van der Waals surface area contributed by atoms with Crippen LogP contribution in [0.5, 0.6) is 0 Å². The first-order valence-electron chi connectivity index (χ1n) is 8.16. The van der Waals surface area contributed by atoms with Crippen LogP contribution in [0.2, 0.25) is 0 Å². The summed E-state index contributed by atoms with van der Waals surface area (Å²) in [7, 11) is 0. The topological polar surface area (TPSA) is 12.0 Å². The van der Waals surface area contributed by atoms with Crippen LogP contribution in [-0.4, -0.2) is 6.54 Å². The molecule has 3 atom stereocenters. The minimum atomic E-state index is 0.933. The van der Waals surface area contributed by atoms with Gasteiger partial charge in [0.1, 0.15) is 0 Å². The van der Waals surface area contributed by atoms with Gasteiger partial charge in [-0.3, -0.25) is 0 Å². The Hall–Kier alpha value is -0.820. The van der Waals surface area contributed by atoms with E-state index < -0.39 is 0 Å². The van der Waals surface area contributed by atoms with E-state index in [-0.39, 0.29) is 0 Å².